The van der Waals surface area contributed by atoms with Crippen LogP contribution in [0.5, 0.6) is 0 Å². The number of carbonyl (C=O) groups excluding carboxylic acids is 3. The highest BCUT2D eigenvalue weighted by Crippen LogP contribution is 2.71. The van der Waals surface area contributed by atoms with Gasteiger partial charge in [-0.2, -0.15) is 0 Å². The third-order valence-corrected chi connectivity index (χ3v) is 6.24. The molecule has 0 aromatic rings. The molecule has 0 radical (unpaired) electrons. The maximum absolute atomic E-state index is 13.2. The van der Waals surface area contributed by atoms with Gasteiger partial charge in [0.2, 0.25) is 0 Å². The van der Waals surface area contributed by atoms with Crippen LogP contribution >= 0.6 is 0 Å². The molecule has 7 heteroatoms. The van der Waals surface area contributed by atoms with E-state index < -0.39 is 35.1 Å². The second kappa shape index (κ2) is 7.08. The molecule has 156 valence electrons. The minimum atomic E-state index is -1.50. The standard InChI is InChI=1S/C21H31NO6/c1-6-26-16(23)21(17(24)27-7-2)14-10-8-9-11-20(14)12-13-22(15(20)21)18(25)28-19(3,4)5/h8-9,14-15H,6-7,10-13H2,1-5H3/t14-,15-,20-/m0/s1. The number of allylic oxidation sites excluding steroid dienone is 2. The van der Waals surface area contributed by atoms with Crippen molar-refractivity contribution in [3.05, 3.63) is 12.2 Å². The minimum absolute atomic E-state index is 0.161. The molecule has 3 aliphatic rings. The zero-order valence-electron chi connectivity index (χ0n) is 17.4. The largest absolute Gasteiger partial charge is 0.465 e. The molecular formula is C21H31NO6. The Morgan fingerprint density at radius 3 is 2.21 bits per heavy atom. The second-order valence-corrected chi connectivity index (χ2v) is 8.83. The minimum Gasteiger partial charge on any atom is -0.465 e. The van der Waals surface area contributed by atoms with Gasteiger partial charge in [0, 0.05) is 12.0 Å². The molecule has 2 aliphatic carbocycles. The highest BCUT2D eigenvalue weighted by molar-refractivity contribution is 6.04. The molecule has 1 saturated carbocycles. The molecule has 28 heavy (non-hydrogen) atoms. The summed E-state index contributed by atoms with van der Waals surface area (Å²) in [5.74, 6) is -1.42. The number of rotatable bonds is 4. The lowest BCUT2D eigenvalue weighted by Gasteiger charge is -2.64. The molecule has 0 unspecified atom stereocenters. The molecule has 0 aromatic carbocycles. The summed E-state index contributed by atoms with van der Waals surface area (Å²) in [5, 5.41) is 0. The van der Waals surface area contributed by atoms with Crippen LogP contribution in [0.25, 0.3) is 0 Å². The third-order valence-electron chi connectivity index (χ3n) is 6.24. The van der Waals surface area contributed by atoms with E-state index in [-0.39, 0.29) is 24.5 Å². The molecule has 3 rings (SSSR count). The molecule has 0 N–H and O–H groups in total. The number of hydrogen-bond acceptors (Lipinski definition) is 6. The number of hydrogen-bond donors (Lipinski definition) is 0. The Morgan fingerprint density at radius 2 is 1.68 bits per heavy atom. The first kappa shape index (κ1) is 20.7. The highest BCUT2D eigenvalue weighted by atomic mass is 16.6. The number of ether oxygens (including phenoxy) is 3. The van der Waals surface area contributed by atoms with Gasteiger partial charge in [-0.15, -0.1) is 0 Å². The van der Waals surface area contributed by atoms with E-state index in [0.717, 1.165) is 12.8 Å². The lowest BCUT2D eigenvalue weighted by molar-refractivity contribution is -0.223. The fourth-order valence-electron chi connectivity index (χ4n) is 5.44. The summed E-state index contributed by atoms with van der Waals surface area (Å²) in [6, 6.07) is -0.608. The average molecular weight is 393 g/mol. The van der Waals surface area contributed by atoms with Gasteiger partial charge in [0.1, 0.15) is 5.60 Å². The Morgan fingerprint density at radius 1 is 1.07 bits per heavy atom. The highest BCUT2D eigenvalue weighted by Gasteiger charge is 2.82. The maximum atomic E-state index is 13.2. The number of amides is 1. The zero-order chi connectivity index (χ0) is 20.7. The zero-order valence-corrected chi connectivity index (χ0v) is 17.4. The first-order valence-corrected chi connectivity index (χ1v) is 10.1. The summed E-state index contributed by atoms with van der Waals surface area (Å²) in [7, 11) is 0. The van der Waals surface area contributed by atoms with Crippen LogP contribution in [0.15, 0.2) is 12.2 Å². The molecule has 7 nitrogen and oxygen atoms in total. The summed E-state index contributed by atoms with van der Waals surface area (Å²) in [4.78, 5) is 40.9. The van der Waals surface area contributed by atoms with Gasteiger partial charge in [-0.25, -0.2) is 4.79 Å². The van der Waals surface area contributed by atoms with E-state index in [2.05, 4.69) is 6.08 Å². The average Bonchev–Trinajstić information content (AvgIpc) is 2.89. The normalized spacial score (nSPS) is 30.0. The molecule has 1 amide bonds. The summed E-state index contributed by atoms with van der Waals surface area (Å²) >= 11 is 0. The van der Waals surface area contributed by atoms with Gasteiger partial charge in [-0.05, 0) is 59.8 Å². The summed E-state index contributed by atoms with van der Waals surface area (Å²) < 4.78 is 16.3. The van der Waals surface area contributed by atoms with E-state index in [1.807, 2.05) is 6.08 Å². The number of likely N-dealkylation sites (tertiary alicyclic amines) is 1. The second-order valence-electron chi connectivity index (χ2n) is 8.83. The smallest absolute Gasteiger partial charge is 0.410 e. The van der Waals surface area contributed by atoms with Crippen LogP contribution in [0.2, 0.25) is 0 Å². The summed E-state index contributed by atoms with van der Waals surface area (Å²) in [5.41, 5.74) is -2.48. The maximum Gasteiger partial charge on any atom is 0.410 e. The van der Waals surface area contributed by atoms with Crippen molar-refractivity contribution < 1.29 is 28.6 Å². The van der Waals surface area contributed by atoms with Crippen LogP contribution in [0.1, 0.15) is 53.9 Å². The fraction of sp³-hybridized carbons (Fsp3) is 0.762. The van der Waals surface area contributed by atoms with Crippen LogP contribution in [0.3, 0.4) is 0 Å². The molecule has 0 aromatic heterocycles. The first-order chi connectivity index (χ1) is 13.1. The predicted octanol–water partition coefficient (Wildman–Crippen LogP) is 3.07. The van der Waals surface area contributed by atoms with E-state index in [1.165, 1.54) is 0 Å². The Balaban J connectivity index is 2.06. The van der Waals surface area contributed by atoms with Gasteiger partial charge in [0.05, 0.1) is 19.3 Å². The Bertz CT molecular complexity index is 675. The van der Waals surface area contributed by atoms with E-state index in [0.29, 0.717) is 13.0 Å². The van der Waals surface area contributed by atoms with Crippen LogP contribution in [-0.4, -0.2) is 54.3 Å². The molecule has 1 saturated heterocycles. The lowest BCUT2D eigenvalue weighted by atomic mass is 9.39. The summed E-state index contributed by atoms with van der Waals surface area (Å²) in [6.45, 7) is 9.59. The van der Waals surface area contributed by atoms with E-state index in [9.17, 15) is 14.4 Å². The van der Waals surface area contributed by atoms with Gasteiger partial charge in [-0.3, -0.25) is 9.59 Å². The van der Waals surface area contributed by atoms with Crippen molar-refractivity contribution in [2.75, 3.05) is 19.8 Å². The SMILES string of the molecule is CCOC(=O)C1(C(=O)OCC)[C@H]2CC=CC[C@]23CCN(C(=O)OC(C)(C)C)[C@H]13. The van der Waals surface area contributed by atoms with Gasteiger partial charge in [0.15, 0.2) is 5.41 Å². The quantitative estimate of drug-likeness (QED) is 0.316. The number of esters is 2. The monoisotopic (exact) mass is 393 g/mol. The Kier molecular flexibility index (Phi) is 5.23. The van der Waals surface area contributed by atoms with E-state index in [1.54, 1.807) is 39.5 Å². The van der Waals surface area contributed by atoms with Crippen molar-refractivity contribution in [3.63, 3.8) is 0 Å². The summed E-state index contributed by atoms with van der Waals surface area (Å²) in [6.07, 6.45) is 5.64. The van der Waals surface area contributed by atoms with E-state index in [4.69, 9.17) is 14.2 Å². The fourth-order valence-corrected chi connectivity index (χ4v) is 5.44. The first-order valence-electron chi connectivity index (χ1n) is 10.1. The van der Waals surface area contributed by atoms with Crippen molar-refractivity contribution in [1.29, 1.82) is 0 Å². The van der Waals surface area contributed by atoms with Crippen LogP contribution in [0.4, 0.5) is 4.79 Å². The van der Waals surface area contributed by atoms with Gasteiger partial charge in [0.25, 0.3) is 0 Å². The van der Waals surface area contributed by atoms with Crippen LogP contribution in [0, 0.1) is 16.7 Å². The molecule has 1 spiro atoms. The van der Waals surface area contributed by atoms with Crippen molar-refractivity contribution in [2.24, 2.45) is 16.7 Å². The van der Waals surface area contributed by atoms with E-state index >= 15 is 0 Å². The topological polar surface area (TPSA) is 82.1 Å². The molecule has 1 heterocycles. The molecule has 0 bridgehead atoms. The molecular weight excluding hydrogens is 362 g/mol. The third kappa shape index (κ3) is 2.81. The van der Waals surface area contributed by atoms with Gasteiger partial charge < -0.3 is 19.1 Å². The van der Waals surface area contributed by atoms with Crippen molar-refractivity contribution >= 4 is 18.0 Å². The Hall–Kier alpha value is -2.05. The van der Waals surface area contributed by atoms with Crippen molar-refractivity contribution in [1.82, 2.24) is 4.90 Å². The number of nitrogens with zero attached hydrogens (tertiary/aromatic N) is 1. The Labute approximate surface area is 166 Å². The molecule has 3 atom stereocenters. The van der Waals surface area contributed by atoms with Crippen LogP contribution < -0.4 is 0 Å². The lowest BCUT2D eigenvalue weighted by Crippen LogP contribution is -2.77. The van der Waals surface area contributed by atoms with Gasteiger partial charge >= 0.3 is 18.0 Å². The molecule has 2 fully saturated rings. The van der Waals surface area contributed by atoms with Crippen LogP contribution in [-0.2, 0) is 23.8 Å². The number of carbonyl (C=O) groups is 3. The molecule has 1 aliphatic heterocycles. The van der Waals surface area contributed by atoms with Crippen molar-refractivity contribution in [3.8, 4) is 0 Å². The van der Waals surface area contributed by atoms with Crippen molar-refractivity contribution in [2.45, 2.75) is 65.5 Å². The predicted molar refractivity (Wildman–Crippen MR) is 101 cm³/mol. The van der Waals surface area contributed by atoms with Gasteiger partial charge in [-0.1, -0.05) is 12.2 Å².